The summed E-state index contributed by atoms with van der Waals surface area (Å²) >= 11 is 0. The van der Waals surface area contributed by atoms with Crippen LogP contribution in [0.2, 0.25) is 0 Å². The van der Waals surface area contributed by atoms with E-state index in [2.05, 4.69) is 0 Å². The van der Waals surface area contributed by atoms with Crippen molar-refractivity contribution in [1.29, 1.82) is 0 Å². The normalized spacial score (nSPS) is 21.9. The Morgan fingerprint density at radius 2 is 1.72 bits per heavy atom. The zero-order valence-corrected chi connectivity index (χ0v) is 9.61. The average molecular weight is 246 g/mol. The van der Waals surface area contributed by atoms with Crippen molar-refractivity contribution in [3.63, 3.8) is 0 Å². The van der Waals surface area contributed by atoms with E-state index in [1.54, 1.807) is 18.2 Å². The summed E-state index contributed by atoms with van der Waals surface area (Å²) in [5, 5.41) is 9.93. The molecule has 0 amide bonds. The third kappa shape index (κ3) is 1.71. The van der Waals surface area contributed by atoms with E-state index in [4.69, 9.17) is 0 Å². The molecule has 0 heterocycles. The van der Waals surface area contributed by atoms with Gasteiger partial charge in [0, 0.05) is 11.5 Å². The minimum absolute atomic E-state index is 0.0636. The highest BCUT2D eigenvalue weighted by Crippen LogP contribution is 2.44. The van der Waals surface area contributed by atoms with Gasteiger partial charge in [0.25, 0.3) is 0 Å². The Kier molecular flexibility index (Phi) is 2.63. The second-order valence-electron chi connectivity index (χ2n) is 4.60. The van der Waals surface area contributed by atoms with Crippen molar-refractivity contribution in [2.24, 2.45) is 0 Å². The number of rotatable bonds is 1. The van der Waals surface area contributed by atoms with Gasteiger partial charge in [-0.15, -0.1) is 0 Å². The fraction of sp³-hybridized carbons (Fsp3) is 0.200. The highest BCUT2D eigenvalue weighted by molar-refractivity contribution is 5.44. The lowest BCUT2D eigenvalue weighted by atomic mass is 9.93. The molecule has 0 unspecified atom stereocenters. The van der Waals surface area contributed by atoms with Gasteiger partial charge in [0.2, 0.25) is 0 Å². The molecule has 92 valence electrons. The first-order valence-electron chi connectivity index (χ1n) is 5.88. The number of aliphatic hydroxyl groups excluding tert-OH is 1. The van der Waals surface area contributed by atoms with E-state index in [-0.39, 0.29) is 17.6 Å². The van der Waals surface area contributed by atoms with E-state index < -0.39 is 6.10 Å². The maximum atomic E-state index is 13.7. The molecule has 1 aliphatic rings. The zero-order valence-electron chi connectivity index (χ0n) is 9.61. The highest BCUT2D eigenvalue weighted by Gasteiger charge is 2.32. The van der Waals surface area contributed by atoms with E-state index in [9.17, 15) is 13.9 Å². The molecule has 0 bridgehead atoms. The van der Waals surface area contributed by atoms with Crippen molar-refractivity contribution >= 4 is 0 Å². The Balaban J connectivity index is 2.08. The highest BCUT2D eigenvalue weighted by atomic mass is 19.1. The fourth-order valence-corrected chi connectivity index (χ4v) is 2.69. The molecule has 1 aliphatic carbocycles. The van der Waals surface area contributed by atoms with Crippen LogP contribution in [0.5, 0.6) is 0 Å². The number of hydrogen-bond donors (Lipinski definition) is 1. The van der Waals surface area contributed by atoms with Gasteiger partial charge in [0.05, 0.1) is 6.10 Å². The van der Waals surface area contributed by atoms with Gasteiger partial charge in [-0.3, -0.25) is 0 Å². The van der Waals surface area contributed by atoms with E-state index in [0.29, 0.717) is 12.0 Å². The first-order chi connectivity index (χ1) is 8.66. The van der Waals surface area contributed by atoms with Gasteiger partial charge in [0.15, 0.2) is 0 Å². The molecule has 2 aromatic rings. The molecular weight excluding hydrogens is 234 g/mol. The summed E-state index contributed by atoms with van der Waals surface area (Å²) < 4.78 is 26.6. The van der Waals surface area contributed by atoms with Crippen LogP contribution in [0.3, 0.4) is 0 Å². The van der Waals surface area contributed by atoms with Crippen LogP contribution in [0.25, 0.3) is 0 Å². The molecule has 0 spiro atoms. The summed E-state index contributed by atoms with van der Waals surface area (Å²) in [7, 11) is 0. The van der Waals surface area contributed by atoms with Gasteiger partial charge in [-0.1, -0.05) is 24.3 Å². The molecule has 0 saturated heterocycles. The third-order valence-corrected chi connectivity index (χ3v) is 3.53. The summed E-state index contributed by atoms with van der Waals surface area (Å²) in [6.07, 6.45) is -0.335. The van der Waals surface area contributed by atoms with Gasteiger partial charge in [-0.05, 0) is 35.7 Å². The van der Waals surface area contributed by atoms with Crippen molar-refractivity contribution in [1.82, 2.24) is 0 Å². The lowest BCUT2D eigenvalue weighted by Crippen LogP contribution is -1.96. The Bertz CT molecular complexity index is 578. The van der Waals surface area contributed by atoms with Crippen LogP contribution in [0.15, 0.2) is 42.5 Å². The zero-order chi connectivity index (χ0) is 12.7. The predicted molar refractivity (Wildman–Crippen MR) is 64.2 cm³/mol. The van der Waals surface area contributed by atoms with Crippen molar-refractivity contribution in [3.05, 3.63) is 70.8 Å². The topological polar surface area (TPSA) is 20.2 Å². The molecule has 0 fully saturated rings. The monoisotopic (exact) mass is 246 g/mol. The van der Waals surface area contributed by atoms with Gasteiger partial charge < -0.3 is 5.11 Å². The Morgan fingerprint density at radius 1 is 1.00 bits per heavy atom. The molecule has 3 rings (SSSR count). The number of fused-ring (bicyclic) bond motifs is 1. The molecule has 1 nitrogen and oxygen atoms in total. The molecule has 0 aromatic heterocycles. The summed E-state index contributed by atoms with van der Waals surface area (Å²) in [5.74, 6) is -0.729. The standard InChI is InChI=1S/C15H12F2O/c16-10-6-4-9(5-7-10)12-8-14(18)15-11(12)2-1-3-13(15)17/h1-7,12,14,18H,8H2/t12-,14-/m0/s1. The lowest BCUT2D eigenvalue weighted by molar-refractivity contribution is 0.172. The second kappa shape index (κ2) is 4.18. The van der Waals surface area contributed by atoms with Crippen LogP contribution in [-0.2, 0) is 0 Å². The maximum absolute atomic E-state index is 13.7. The summed E-state index contributed by atoms with van der Waals surface area (Å²) in [6, 6.07) is 11.0. The van der Waals surface area contributed by atoms with Crippen LogP contribution in [0, 0.1) is 11.6 Å². The molecule has 3 heteroatoms. The van der Waals surface area contributed by atoms with Crippen LogP contribution in [0.4, 0.5) is 8.78 Å². The number of halogens is 2. The van der Waals surface area contributed by atoms with Crippen LogP contribution in [0.1, 0.15) is 35.1 Å². The van der Waals surface area contributed by atoms with Gasteiger partial charge in [-0.25, -0.2) is 8.78 Å². The Morgan fingerprint density at radius 3 is 2.44 bits per heavy atom. The summed E-state index contributed by atoms with van der Waals surface area (Å²) in [6.45, 7) is 0. The lowest BCUT2D eigenvalue weighted by Gasteiger charge is -2.11. The summed E-state index contributed by atoms with van der Waals surface area (Å²) in [5.41, 5.74) is 2.08. The Labute approximate surface area is 104 Å². The first kappa shape index (κ1) is 11.4. The SMILES string of the molecule is O[C@H]1C[C@@H](c2ccc(F)cc2)c2cccc(F)c21. The molecule has 0 saturated carbocycles. The predicted octanol–water partition coefficient (Wildman–Crippen LogP) is 3.53. The van der Waals surface area contributed by atoms with Crippen LogP contribution >= 0.6 is 0 Å². The van der Waals surface area contributed by atoms with Crippen molar-refractivity contribution < 1.29 is 13.9 Å². The van der Waals surface area contributed by atoms with Gasteiger partial charge >= 0.3 is 0 Å². The van der Waals surface area contributed by atoms with E-state index >= 15 is 0 Å². The second-order valence-corrected chi connectivity index (χ2v) is 4.60. The molecule has 18 heavy (non-hydrogen) atoms. The first-order valence-corrected chi connectivity index (χ1v) is 5.88. The van der Waals surface area contributed by atoms with Crippen LogP contribution < -0.4 is 0 Å². The van der Waals surface area contributed by atoms with Crippen molar-refractivity contribution in [2.75, 3.05) is 0 Å². The van der Waals surface area contributed by atoms with E-state index in [1.807, 2.05) is 6.07 Å². The average Bonchev–Trinajstić information content (AvgIpc) is 2.69. The van der Waals surface area contributed by atoms with E-state index in [1.165, 1.54) is 18.2 Å². The number of hydrogen-bond acceptors (Lipinski definition) is 1. The third-order valence-electron chi connectivity index (χ3n) is 3.53. The molecule has 2 atom stereocenters. The largest absolute Gasteiger partial charge is 0.388 e. The number of aliphatic hydroxyl groups is 1. The smallest absolute Gasteiger partial charge is 0.129 e. The van der Waals surface area contributed by atoms with Gasteiger partial charge in [-0.2, -0.15) is 0 Å². The fourth-order valence-electron chi connectivity index (χ4n) is 2.69. The molecule has 1 N–H and O–H groups in total. The Hall–Kier alpha value is -1.74. The molecule has 2 aromatic carbocycles. The van der Waals surface area contributed by atoms with Crippen molar-refractivity contribution in [3.8, 4) is 0 Å². The molecule has 0 aliphatic heterocycles. The summed E-state index contributed by atoms with van der Waals surface area (Å²) in [4.78, 5) is 0. The maximum Gasteiger partial charge on any atom is 0.129 e. The number of benzene rings is 2. The van der Waals surface area contributed by atoms with Crippen molar-refractivity contribution in [2.45, 2.75) is 18.4 Å². The quantitative estimate of drug-likeness (QED) is 0.816. The minimum atomic E-state index is -0.781. The molecular formula is C15H12F2O. The van der Waals surface area contributed by atoms with Crippen LogP contribution in [-0.4, -0.2) is 5.11 Å². The van der Waals surface area contributed by atoms with E-state index in [0.717, 1.165) is 11.1 Å². The molecule has 0 radical (unpaired) electrons. The minimum Gasteiger partial charge on any atom is -0.388 e. The van der Waals surface area contributed by atoms with Gasteiger partial charge in [0.1, 0.15) is 11.6 Å².